The molecule has 1 aromatic carbocycles. The zero-order chi connectivity index (χ0) is 23.2. The summed E-state index contributed by atoms with van der Waals surface area (Å²) in [5, 5.41) is 3.78. The Labute approximate surface area is 200 Å². The molecule has 34 heavy (non-hydrogen) atoms. The molecule has 6 aliphatic rings. The molecule has 7 nitrogen and oxygen atoms in total. The number of nitrogens with one attached hydrogen (secondary N) is 1. The predicted octanol–water partition coefficient (Wildman–Crippen LogP) is 2.73. The number of carbonyl (C=O) groups is 1. The quantitative estimate of drug-likeness (QED) is 0.513. The second-order valence-corrected chi connectivity index (χ2v) is 10.7. The molecule has 5 saturated heterocycles. The van der Waals surface area contributed by atoms with Crippen LogP contribution >= 0.6 is 0 Å². The fourth-order valence-electron chi connectivity index (χ4n) is 8.20. The van der Waals surface area contributed by atoms with Gasteiger partial charge < -0.3 is 24.3 Å². The maximum absolute atomic E-state index is 12.3. The van der Waals surface area contributed by atoms with Crippen LogP contribution in [0.2, 0.25) is 0 Å². The van der Waals surface area contributed by atoms with Crippen LogP contribution in [0, 0.1) is 17.8 Å². The van der Waals surface area contributed by atoms with Gasteiger partial charge in [-0.1, -0.05) is 37.3 Å². The van der Waals surface area contributed by atoms with Crippen molar-refractivity contribution in [2.45, 2.75) is 56.6 Å². The van der Waals surface area contributed by atoms with Gasteiger partial charge in [-0.3, -0.25) is 4.90 Å². The monoisotopic (exact) mass is 464 g/mol. The van der Waals surface area contributed by atoms with Gasteiger partial charge in [0.25, 0.3) is 0 Å². The summed E-state index contributed by atoms with van der Waals surface area (Å²) in [6.07, 6.45) is 3.31. The van der Waals surface area contributed by atoms with E-state index in [-0.39, 0.29) is 29.4 Å². The number of fused-ring (bicyclic) bond motifs is 1. The molecule has 6 heterocycles. The van der Waals surface area contributed by atoms with Crippen LogP contribution in [0.15, 0.2) is 53.2 Å². The van der Waals surface area contributed by atoms with E-state index in [0.717, 1.165) is 44.7 Å². The minimum atomic E-state index is -0.634. The topological polar surface area (TPSA) is 69.3 Å². The molecule has 0 saturated carbocycles. The number of nitrogens with zero attached hydrogens (tertiary/aromatic N) is 1. The average Bonchev–Trinajstić information content (AvgIpc) is 3.55. The summed E-state index contributed by atoms with van der Waals surface area (Å²) < 4.78 is 24.9. The number of hydrogen-bond donors (Lipinski definition) is 1. The molecule has 1 N–H and O–H groups in total. The van der Waals surface area contributed by atoms with Gasteiger partial charge in [-0.25, -0.2) is 4.79 Å². The van der Waals surface area contributed by atoms with Crippen molar-refractivity contribution >= 4 is 5.97 Å². The number of methoxy groups -OCH3 is 1. The van der Waals surface area contributed by atoms with Crippen LogP contribution < -0.4 is 5.32 Å². The van der Waals surface area contributed by atoms with Gasteiger partial charge in [-0.05, 0) is 44.8 Å². The van der Waals surface area contributed by atoms with Crippen molar-refractivity contribution in [1.82, 2.24) is 10.2 Å². The van der Waals surface area contributed by atoms with E-state index in [1.54, 1.807) is 14.0 Å². The maximum Gasteiger partial charge on any atom is 0.343 e. The Morgan fingerprint density at radius 3 is 2.88 bits per heavy atom. The number of rotatable bonds is 6. The zero-order valence-electron chi connectivity index (χ0n) is 20.0. The number of hydrogen-bond acceptors (Lipinski definition) is 7. The SMILES string of the molecule is COC1=C(C)C(=O)O/C1=C1\OC23OC4CC([C@H]2[C@H]1C)N1CCC3C41CNCCc1ccccc1. The van der Waals surface area contributed by atoms with Gasteiger partial charge in [-0.2, -0.15) is 0 Å². The lowest BCUT2D eigenvalue weighted by Crippen LogP contribution is -2.64. The molecule has 0 aliphatic carbocycles. The van der Waals surface area contributed by atoms with E-state index < -0.39 is 5.79 Å². The molecule has 180 valence electrons. The Hall–Kier alpha value is -2.35. The second-order valence-electron chi connectivity index (χ2n) is 10.7. The molecule has 1 aromatic rings. The van der Waals surface area contributed by atoms with E-state index >= 15 is 0 Å². The van der Waals surface area contributed by atoms with Gasteiger partial charge in [0.1, 0.15) is 5.76 Å². The smallest absolute Gasteiger partial charge is 0.343 e. The van der Waals surface area contributed by atoms with Gasteiger partial charge in [-0.15, -0.1) is 0 Å². The second kappa shape index (κ2) is 7.09. The first-order valence-electron chi connectivity index (χ1n) is 12.6. The zero-order valence-corrected chi connectivity index (χ0v) is 20.0. The van der Waals surface area contributed by atoms with Gasteiger partial charge in [0.2, 0.25) is 11.5 Å². The standard InChI is InChI=1S/C27H32N2O5/c1-15-21-18-13-20-26(14-28-11-9-17-7-5-4-6-8-17)19(10-12-29(18)26)27(21,33-20)34-23(15)24-22(31-3)16(2)25(30)32-24/h4-8,15,18-21,28H,9-14H2,1-3H3/b24-23-/t15-,18?,19?,20?,21-,26?,27?/m1/s1. The van der Waals surface area contributed by atoms with Crippen LogP contribution in [0.3, 0.4) is 0 Å². The first-order chi connectivity index (χ1) is 16.5. The van der Waals surface area contributed by atoms with E-state index in [1.165, 1.54) is 5.56 Å². The van der Waals surface area contributed by atoms with Crippen LogP contribution in [0.1, 0.15) is 32.3 Å². The van der Waals surface area contributed by atoms with Crippen molar-refractivity contribution in [3.05, 3.63) is 58.7 Å². The Bertz CT molecular complexity index is 1120. The first-order valence-corrected chi connectivity index (χ1v) is 12.6. The Morgan fingerprint density at radius 2 is 2.09 bits per heavy atom. The minimum absolute atomic E-state index is 0.0140. The Morgan fingerprint density at radius 1 is 1.26 bits per heavy atom. The number of cyclic esters (lactones) is 1. The molecule has 0 radical (unpaired) electrons. The third kappa shape index (κ3) is 2.40. The molecular weight excluding hydrogens is 432 g/mol. The number of esters is 1. The molecule has 7 rings (SSSR count). The van der Waals surface area contributed by atoms with Crippen LogP contribution in [0.25, 0.3) is 0 Å². The van der Waals surface area contributed by atoms with E-state index in [1.807, 2.05) is 0 Å². The minimum Gasteiger partial charge on any atom is -0.492 e. The molecule has 5 bridgehead atoms. The van der Waals surface area contributed by atoms with Gasteiger partial charge in [0.15, 0.2) is 5.76 Å². The van der Waals surface area contributed by atoms with Crippen LogP contribution in [0.4, 0.5) is 0 Å². The van der Waals surface area contributed by atoms with Crippen molar-refractivity contribution in [3.8, 4) is 0 Å². The summed E-state index contributed by atoms with van der Waals surface area (Å²) in [5.41, 5.74) is 1.84. The molecule has 0 amide bonds. The fraction of sp³-hybridized carbons (Fsp3) is 0.593. The fourth-order valence-corrected chi connectivity index (χ4v) is 8.20. The lowest BCUT2D eigenvalue weighted by molar-refractivity contribution is -0.255. The van der Waals surface area contributed by atoms with Gasteiger partial charge >= 0.3 is 5.97 Å². The highest BCUT2D eigenvalue weighted by molar-refractivity contribution is 5.93. The van der Waals surface area contributed by atoms with E-state index in [4.69, 9.17) is 18.9 Å². The summed E-state index contributed by atoms with van der Waals surface area (Å²) >= 11 is 0. The summed E-state index contributed by atoms with van der Waals surface area (Å²) in [6.45, 7) is 6.90. The van der Waals surface area contributed by atoms with Gasteiger partial charge in [0, 0.05) is 24.4 Å². The maximum atomic E-state index is 12.3. The third-order valence-electron chi connectivity index (χ3n) is 9.44. The van der Waals surface area contributed by atoms with Crippen molar-refractivity contribution in [1.29, 1.82) is 0 Å². The van der Waals surface area contributed by atoms with Crippen molar-refractivity contribution in [2.24, 2.45) is 17.8 Å². The summed E-state index contributed by atoms with van der Waals surface area (Å²) in [7, 11) is 1.58. The highest BCUT2D eigenvalue weighted by Gasteiger charge is 2.84. The Kier molecular flexibility index (Phi) is 4.37. The molecule has 5 fully saturated rings. The molecule has 8 atom stereocenters. The summed E-state index contributed by atoms with van der Waals surface area (Å²) in [5.74, 6) is 1.29. The van der Waals surface area contributed by atoms with E-state index in [0.29, 0.717) is 29.1 Å². The summed E-state index contributed by atoms with van der Waals surface area (Å²) in [6, 6.07) is 11.1. The largest absolute Gasteiger partial charge is 0.492 e. The number of carbonyl (C=O) groups excluding carboxylic acids is 1. The number of piperidine rings is 1. The average molecular weight is 465 g/mol. The number of ether oxygens (including phenoxy) is 4. The molecule has 6 aliphatic heterocycles. The van der Waals surface area contributed by atoms with Crippen LogP contribution in [-0.2, 0) is 30.2 Å². The lowest BCUT2D eigenvalue weighted by Gasteiger charge is -2.48. The highest BCUT2D eigenvalue weighted by atomic mass is 16.7. The third-order valence-corrected chi connectivity index (χ3v) is 9.44. The van der Waals surface area contributed by atoms with Crippen molar-refractivity contribution in [2.75, 3.05) is 26.7 Å². The number of allylic oxidation sites excluding steroid dienone is 1. The number of benzene rings is 1. The van der Waals surface area contributed by atoms with Crippen molar-refractivity contribution < 1.29 is 23.7 Å². The normalized spacial score (nSPS) is 45.2. The molecule has 7 heteroatoms. The first kappa shape index (κ1) is 21.0. The van der Waals surface area contributed by atoms with Crippen LogP contribution in [-0.4, -0.2) is 61.1 Å². The van der Waals surface area contributed by atoms with Crippen LogP contribution in [0.5, 0.6) is 0 Å². The molecule has 6 unspecified atom stereocenters. The summed E-state index contributed by atoms with van der Waals surface area (Å²) in [4.78, 5) is 15.0. The van der Waals surface area contributed by atoms with E-state index in [2.05, 4.69) is 47.5 Å². The molecule has 1 spiro atoms. The lowest BCUT2D eigenvalue weighted by atomic mass is 9.71. The highest BCUT2D eigenvalue weighted by Crippen LogP contribution is 2.72. The molecule has 0 aromatic heterocycles. The van der Waals surface area contributed by atoms with E-state index in [9.17, 15) is 4.79 Å². The molecular formula is C27H32N2O5. The predicted molar refractivity (Wildman–Crippen MR) is 123 cm³/mol. The van der Waals surface area contributed by atoms with Gasteiger partial charge in [0.05, 0.1) is 30.2 Å². The Balaban J connectivity index is 1.18. The van der Waals surface area contributed by atoms with Crippen molar-refractivity contribution in [3.63, 3.8) is 0 Å².